The van der Waals surface area contributed by atoms with Crippen LogP contribution in [0.15, 0.2) is 24.3 Å². The van der Waals surface area contributed by atoms with Crippen LogP contribution in [-0.2, 0) is 0 Å². The van der Waals surface area contributed by atoms with Gasteiger partial charge in [-0.3, -0.25) is 4.79 Å². The Morgan fingerprint density at radius 3 is 2.13 bits per heavy atom. The smallest absolute Gasteiger partial charge is 0.317 e. The third-order valence-electron chi connectivity index (χ3n) is 4.84. The topological polar surface area (TPSA) is 52.7 Å². The van der Waals surface area contributed by atoms with Crippen molar-refractivity contribution in [3.05, 3.63) is 35.4 Å². The third kappa shape index (κ3) is 3.84. The van der Waals surface area contributed by atoms with Crippen molar-refractivity contribution < 1.29 is 9.59 Å². The number of piperazine rings is 1. The molecule has 0 radical (unpaired) electrons. The van der Waals surface area contributed by atoms with Gasteiger partial charge in [-0.1, -0.05) is 30.5 Å². The zero-order valence-electron chi connectivity index (χ0n) is 13.8. The van der Waals surface area contributed by atoms with Crippen LogP contribution in [0.2, 0.25) is 0 Å². The lowest BCUT2D eigenvalue weighted by atomic mass is 10.1. The second-order valence-electron chi connectivity index (χ2n) is 6.58. The highest BCUT2D eigenvalue weighted by Crippen LogP contribution is 2.18. The summed E-state index contributed by atoms with van der Waals surface area (Å²) >= 11 is 0. The second kappa shape index (κ2) is 7.02. The molecule has 124 valence electrons. The molecule has 2 fully saturated rings. The van der Waals surface area contributed by atoms with E-state index in [1.807, 2.05) is 41.0 Å². The van der Waals surface area contributed by atoms with Crippen molar-refractivity contribution >= 4 is 11.9 Å². The molecule has 3 rings (SSSR count). The van der Waals surface area contributed by atoms with Gasteiger partial charge in [0.2, 0.25) is 0 Å². The van der Waals surface area contributed by atoms with Crippen molar-refractivity contribution in [2.24, 2.45) is 0 Å². The number of carbonyl (C=O) groups is 2. The monoisotopic (exact) mass is 315 g/mol. The van der Waals surface area contributed by atoms with Gasteiger partial charge < -0.3 is 15.1 Å². The fourth-order valence-electron chi connectivity index (χ4n) is 3.33. The van der Waals surface area contributed by atoms with Gasteiger partial charge in [-0.15, -0.1) is 0 Å². The average molecular weight is 315 g/mol. The van der Waals surface area contributed by atoms with Gasteiger partial charge in [-0.2, -0.15) is 0 Å². The standard InChI is InChI=1S/C18H25N3O2/c1-14-6-8-15(9-7-14)17(22)20-10-12-21(13-11-20)18(23)19-16-4-2-3-5-16/h6-9,16H,2-5,10-13H2,1H3,(H,19,23). The highest BCUT2D eigenvalue weighted by atomic mass is 16.2. The molecule has 1 aromatic rings. The minimum absolute atomic E-state index is 0.0272. The summed E-state index contributed by atoms with van der Waals surface area (Å²) in [5.74, 6) is 0.0563. The molecule has 2 aliphatic rings. The zero-order valence-corrected chi connectivity index (χ0v) is 13.8. The van der Waals surface area contributed by atoms with Crippen LogP contribution in [0, 0.1) is 6.92 Å². The molecule has 1 aliphatic carbocycles. The van der Waals surface area contributed by atoms with Crippen molar-refractivity contribution in [2.45, 2.75) is 38.6 Å². The number of nitrogens with one attached hydrogen (secondary N) is 1. The molecule has 0 spiro atoms. The van der Waals surface area contributed by atoms with Gasteiger partial charge in [-0.25, -0.2) is 4.79 Å². The maximum atomic E-state index is 12.5. The molecule has 1 aromatic carbocycles. The fraction of sp³-hybridized carbons (Fsp3) is 0.556. The Balaban J connectivity index is 1.50. The van der Waals surface area contributed by atoms with E-state index in [0.29, 0.717) is 32.2 Å². The molecule has 0 bridgehead atoms. The molecule has 0 atom stereocenters. The number of nitrogens with zero attached hydrogens (tertiary/aromatic N) is 2. The van der Waals surface area contributed by atoms with E-state index >= 15 is 0 Å². The summed E-state index contributed by atoms with van der Waals surface area (Å²) < 4.78 is 0. The number of carbonyl (C=O) groups excluding carboxylic acids is 2. The molecule has 5 heteroatoms. The van der Waals surface area contributed by atoms with Crippen molar-refractivity contribution in [2.75, 3.05) is 26.2 Å². The summed E-state index contributed by atoms with van der Waals surface area (Å²) in [4.78, 5) is 28.4. The van der Waals surface area contributed by atoms with E-state index in [2.05, 4.69) is 5.32 Å². The second-order valence-corrected chi connectivity index (χ2v) is 6.58. The Labute approximate surface area is 137 Å². The van der Waals surface area contributed by atoms with E-state index in [1.165, 1.54) is 12.8 Å². The lowest BCUT2D eigenvalue weighted by Gasteiger charge is -2.35. The van der Waals surface area contributed by atoms with Crippen molar-refractivity contribution in [1.29, 1.82) is 0 Å². The molecule has 5 nitrogen and oxygen atoms in total. The van der Waals surface area contributed by atoms with Crippen LogP contribution in [-0.4, -0.2) is 54.0 Å². The first-order valence-corrected chi connectivity index (χ1v) is 8.55. The van der Waals surface area contributed by atoms with Gasteiger partial charge in [0.1, 0.15) is 0 Å². The van der Waals surface area contributed by atoms with Crippen LogP contribution in [0.5, 0.6) is 0 Å². The largest absolute Gasteiger partial charge is 0.335 e. The Kier molecular flexibility index (Phi) is 4.84. The molecule has 23 heavy (non-hydrogen) atoms. The summed E-state index contributed by atoms with van der Waals surface area (Å²) in [6, 6.07) is 8.03. The van der Waals surface area contributed by atoms with E-state index in [-0.39, 0.29) is 11.9 Å². The molecule has 1 saturated heterocycles. The minimum atomic E-state index is 0.0272. The van der Waals surface area contributed by atoms with Gasteiger partial charge in [-0.05, 0) is 31.9 Å². The van der Waals surface area contributed by atoms with Gasteiger partial charge in [0, 0.05) is 37.8 Å². The highest BCUT2D eigenvalue weighted by Gasteiger charge is 2.26. The molecule has 0 unspecified atom stereocenters. The number of aryl methyl sites for hydroxylation is 1. The maximum absolute atomic E-state index is 12.5. The summed E-state index contributed by atoms with van der Waals surface area (Å²) in [6.45, 7) is 4.43. The lowest BCUT2D eigenvalue weighted by Crippen LogP contribution is -2.54. The van der Waals surface area contributed by atoms with Crippen LogP contribution in [0.1, 0.15) is 41.6 Å². The summed E-state index contributed by atoms with van der Waals surface area (Å²) in [5.41, 5.74) is 1.87. The van der Waals surface area contributed by atoms with E-state index in [4.69, 9.17) is 0 Å². The van der Waals surface area contributed by atoms with Gasteiger partial charge in [0.05, 0.1) is 0 Å². The van der Waals surface area contributed by atoms with Crippen LogP contribution in [0.3, 0.4) is 0 Å². The van der Waals surface area contributed by atoms with Crippen molar-refractivity contribution in [1.82, 2.24) is 15.1 Å². The van der Waals surface area contributed by atoms with Crippen LogP contribution < -0.4 is 5.32 Å². The molecular formula is C18H25N3O2. The van der Waals surface area contributed by atoms with Gasteiger partial charge >= 0.3 is 6.03 Å². The molecule has 0 aromatic heterocycles. The number of hydrogen-bond donors (Lipinski definition) is 1. The fourth-order valence-corrected chi connectivity index (χ4v) is 3.33. The Morgan fingerprint density at radius 2 is 1.52 bits per heavy atom. The average Bonchev–Trinajstić information content (AvgIpc) is 3.08. The summed E-state index contributed by atoms with van der Waals surface area (Å²) in [7, 11) is 0. The summed E-state index contributed by atoms with van der Waals surface area (Å²) in [5, 5.41) is 3.11. The predicted octanol–water partition coefficient (Wildman–Crippen LogP) is 2.41. The number of hydrogen-bond acceptors (Lipinski definition) is 2. The van der Waals surface area contributed by atoms with Gasteiger partial charge in [0.15, 0.2) is 0 Å². The molecule has 3 amide bonds. The normalized spacial score (nSPS) is 19.0. The molecule has 1 saturated carbocycles. The Hall–Kier alpha value is -2.04. The van der Waals surface area contributed by atoms with Gasteiger partial charge in [0.25, 0.3) is 5.91 Å². The number of rotatable bonds is 2. The Morgan fingerprint density at radius 1 is 0.957 bits per heavy atom. The zero-order chi connectivity index (χ0) is 16.2. The maximum Gasteiger partial charge on any atom is 0.317 e. The number of urea groups is 1. The predicted molar refractivity (Wildman–Crippen MR) is 89.4 cm³/mol. The quantitative estimate of drug-likeness (QED) is 0.911. The first-order chi connectivity index (χ1) is 11.1. The summed E-state index contributed by atoms with van der Waals surface area (Å²) in [6.07, 6.45) is 4.61. The number of amides is 3. The van der Waals surface area contributed by atoms with E-state index < -0.39 is 0 Å². The van der Waals surface area contributed by atoms with E-state index in [9.17, 15) is 9.59 Å². The number of benzene rings is 1. The molecule has 1 N–H and O–H groups in total. The van der Waals surface area contributed by atoms with Crippen LogP contribution in [0.25, 0.3) is 0 Å². The van der Waals surface area contributed by atoms with Crippen molar-refractivity contribution in [3.8, 4) is 0 Å². The van der Waals surface area contributed by atoms with E-state index in [1.54, 1.807) is 0 Å². The third-order valence-corrected chi connectivity index (χ3v) is 4.84. The highest BCUT2D eigenvalue weighted by molar-refractivity contribution is 5.94. The lowest BCUT2D eigenvalue weighted by molar-refractivity contribution is 0.0663. The van der Waals surface area contributed by atoms with Crippen LogP contribution >= 0.6 is 0 Å². The van der Waals surface area contributed by atoms with Crippen LogP contribution in [0.4, 0.5) is 4.79 Å². The molecule has 1 heterocycles. The van der Waals surface area contributed by atoms with E-state index in [0.717, 1.165) is 24.0 Å². The first kappa shape index (κ1) is 15.8. The minimum Gasteiger partial charge on any atom is -0.335 e. The van der Waals surface area contributed by atoms with Crippen molar-refractivity contribution in [3.63, 3.8) is 0 Å². The Bertz CT molecular complexity index is 556. The first-order valence-electron chi connectivity index (χ1n) is 8.55. The molecular weight excluding hydrogens is 290 g/mol. The SMILES string of the molecule is Cc1ccc(C(=O)N2CCN(C(=O)NC3CCCC3)CC2)cc1. The molecule has 1 aliphatic heterocycles.